The zero-order chi connectivity index (χ0) is 32.1. The van der Waals surface area contributed by atoms with Crippen molar-refractivity contribution in [2.24, 2.45) is 10.8 Å². The molecule has 0 nitrogen and oxygen atoms in total. The Morgan fingerprint density at radius 3 is 1.33 bits per heavy atom. The normalized spacial score (nSPS) is 16.4. The summed E-state index contributed by atoms with van der Waals surface area (Å²) in [6, 6.07) is 9.44. The second kappa shape index (κ2) is 22.3. The maximum absolute atomic E-state index is 2.89. The average molecular weight is 617 g/mol. The molecule has 0 atom stereocenters. The van der Waals surface area contributed by atoms with Crippen LogP contribution in [0.2, 0.25) is 0 Å². The Hall–Kier alpha value is -1.30. The third kappa shape index (κ3) is 12.7. The first kappa shape index (κ1) is 38.2. The van der Waals surface area contributed by atoms with Crippen LogP contribution < -0.4 is 0 Å². The van der Waals surface area contributed by atoms with E-state index in [0.717, 1.165) is 0 Å². The molecule has 0 bridgehead atoms. The van der Waals surface area contributed by atoms with E-state index in [2.05, 4.69) is 64.1 Å². The molecule has 0 saturated carbocycles. The van der Waals surface area contributed by atoms with Gasteiger partial charge in [0.1, 0.15) is 0 Å². The predicted molar refractivity (Wildman–Crippen MR) is 204 cm³/mol. The van der Waals surface area contributed by atoms with E-state index in [9.17, 15) is 0 Å². The smallest absolute Gasteiger partial charge is 0.00325 e. The summed E-state index contributed by atoms with van der Waals surface area (Å²) in [5.41, 5.74) is 7.23. The first-order valence-corrected chi connectivity index (χ1v) is 20.7. The monoisotopic (exact) mass is 617 g/mol. The summed E-state index contributed by atoms with van der Waals surface area (Å²) in [7, 11) is 0. The highest BCUT2D eigenvalue weighted by Gasteiger charge is 2.47. The summed E-state index contributed by atoms with van der Waals surface area (Å²) < 4.78 is 0. The topological polar surface area (TPSA) is 0 Å². The van der Waals surface area contributed by atoms with Gasteiger partial charge in [-0.15, -0.1) is 0 Å². The van der Waals surface area contributed by atoms with Gasteiger partial charge in [-0.2, -0.15) is 0 Å². The van der Waals surface area contributed by atoms with Gasteiger partial charge in [0.2, 0.25) is 0 Å². The van der Waals surface area contributed by atoms with E-state index in [-0.39, 0.29) is 0 Å². The molecule has 0 amide bonds. The molecule has 0 spiro atoms. The molecule has 0 aromatic heterocycles. The Kier molecular flexibility index (Phi) is 18.9. The quantitative estimate of drug-likeness (QED) is 0.0822. The highest BCUT2D eigenvalue weighted by molar-refractivity contribution is 5.96. The summed E-state index contributed by atoms with van der Waals surface area (Å²) in [6.07, 6.45) is 46.6. The van der Waals surface area contributed by atoms with Gasteiger partial charge in [-0.1, -0.05) is 212 Å². The maximum atomic E-state index is 2.89. The van der Waals surface area contributed by atoms with Gasteiger partial charge in [-0.05, 0) is 71.3 Å². The lowest BCUT2D eigenvalue weighted by Gasteiger charge is -2.49. The molecular formula is C45H76. The van der Waals surface area contributed by atoms with Crippen molar-refractivity contribution in [1.29, 1.82) is 0 Å². The molecule has 0 heteroatoms. The minimum Gasteiger partial charge on any atom is -0.0701 e. The zero-order valence-electron chi connectivity index (χ0n) is 31.0. The Labute approximate surface area is 282 Å². The van der Waals surface area contributed by atoms with E-state index in [4.69, 9.17) is 0 Å². The van der Waals surface area contributed by atoms with E-state index in [1.807, 2.05) is 0 Å². The number of hydrogen-bond donors (Lipinski definition) is 0. The Morgan fingerprint density at radius 2 is 0.867 bits per heavy atom. The van der Waals surface area contributed by atoms with Crippen LogP contribution in [0, 0.1) is 10.8 Å². The fourth-order valence-corrected chi connectivity index (χ4v) is 8.99. The first-order chi connectivity index (χ1) is 22.1. The molecule has 0 aliphatic heterocycles. The molecule has 3 rings (SSSR count). The molecule has 1 aromatic rings. The largest absolute Gasteiger partial charge is 0.0701 e. The van der Waals surface area contributed by atoms with Crippen LogP contribution in [0.5, 0.6) is 0 Å². The Bertz CT molecular complexity index is 928. The molecular weight excluding hydrogens is 540 g/mol. The van der Waals surface area contributed by atoms with Crippen molar-refractivity contribution >= 4 is 11.6 Å². The van der Waals surface area contributed by atoms with Crippen molar-refractivity contribution in [2.45, 2.75) is 214 Å². The van der Waals surface area contributed by atoms with Gasteiger partial charge < -0.3 is 0 Å². The highest BCUT2D eigenvalue weighted by Crippen LogP contribution is 2.62. The molecule has 0 fully saturated rings. The summed E-state index contributed by atoms with van der Waals surface area (Å²) in [6.45, 7) is 9.40. The minimum atomic E-state index is 0.364. The molecule has 2 aliphatic carbocycles. The van der Waals surface area contributed by atoms with Gasteiger partial charge in [0.05, 0.1) is 0 Å². The fraction of sp³-hybridized carbons (Fsp3) is 0.778. The Balaban J connectivity index is 1.90. The van der Waals surface area contributed by atoms with Crippen molar-refractivity contribution in [1.82, 2.24) is 0 Å². The summed E-state index contributed by atoms with van der Waals surface area (Å²) >= 11 is 0. The van der Waals surface area contributed by atoms with Gasteiger partial charge in [-0.25, -0.2) is 0 Å². The predicted octanol–water partition coefficient (Wildman–Crippen LogP) is 15.8. The molecule has 0 N–H and O–H groups in total. The molecule has 0 radical (unpaired) electrons. The molecule has 256 valence electrons. The fourth-order valence-electron chi connectivity index (χ4n) is 8.99. The van der Waals surface area contributed by atoms with Gasteiger partial charge in [0.25, 0.3) is 0 Å². The third-order valence-electron chi connectivity index (χ3n) is 11.6. The third-order valence-corrected chi connectivity index (χ3v) is 11.6. The molecule has 0 unspecified atom stereocenters. The van der Waals surface area contributed by atoms with Crippen LogP contribution in [0.4, 0.5) is 0 Å². The van der Waals surface area contributed by atoms with E-state index in [1.54, 1.807) is 16.7 Å². The lowest BCUT2D eigenvalue weighted by atomic mass is 9.55. The molecule has 2 aliphatic rings. The maximum Gasteiger partial charge on any atom is -0.00325 e. The molecule has 1 aromatic carbocycles. The first-order valence-electron chi connectivity index (χ1n) is 20.7. The van der Waals surface area contributed by atoms with Crippen LogP contribution in [0.3, 0.4) is 0 Å². The average Bonchev–Trinajstić information content (AvgIpc) is 3.43. The van der Waals surface area contributed by atoms with Crippen LogP contribution in [0.1, 0.15) is 225 Å². The standard InChI is InChI=1S/C45H76/c1-5-9-13-17-21-27-33-44(34-28-22-18-14-10-6-2)38-42-41-32-26-25-31-40(41)37-43(42)45(39-44,35-29-23-19-15-11-7-3)36-30-24-20-16-12-8-4/h25-26,31-32,37-38H,5-24,27-30,33-36,39H2,1-4H3. The number of allylic oxidation sites excluding steroid dienone is 3. The number of unbranched alkanes of at least 4 members (excludes halogenated alkanes) is 20. The van der Waals surface area contributed by atoms with Crippen molar-refractivity contribution in [3.63, 3.8) is 0 Å². The minimum absolute atomic E-state index is 0.364. The number of hydrogen-bond acceptors (Lipinski definition) is 0. The van der Waals surface area contributed by atoms with Crippen LogP contribution in [-0.4, -0.2) is 0 Å². The van der Waals surface area contributed by atoms with Crippen molar-refractivity contribution in [3.8, 4) is 0 Å². The van der Waals surface area contributed by atoms with Gasteiger partial charge >= 0.3 is 0 Å². The second-order valence-corrected chi connectivity index (χ2v) is 15.6. The second-order valence-electron chi connectivity index (χ2n) is 15.6. The summed E-state index contributed by atoms with van der Waals surface area (Å²) in [4.78, 5) is 0. The summed E-state index contributed by atoms with van der Waals surface area (Å²) in [5.74, 6) is 0. The van der Waals surface area contributed by atoms with E-state index in [1.165, 1.54) is 192 Å². The van der Waals surface area contributed by atoms with E-state index < -0.39 is 0 Å². The zero-order valence-corrected chi connectivity index (χ0v) is 31.0. The SMILES string of the molecule is CCCCCCCCC1(CCCCCCCC)C=C2C(=Cc3ccccc32)C(CCCCCCCC)(CCCCCCCC)C1. The van der Waals surface area contributed by atoms with E-state index in [0.29, 0.717) is 10.8 Å². The molecule has 0 saturated heterocycles. The van der Waals surface area contributed by atoms with Crippen molar-refractivity contribution in [2.75, 3.05) is 0 Å². The lowest BCUT2D eigenvalue weighted by molar-refractivity contribution is 0.142. The van der Waals surface area contributed by atoms with Crippen LogP contribution in [-0.2, 0) is 0 Å². The number of benzene rings is 1. The molecule has 45 heavy (non-hydrogen) atoms. The van der Waals surface area contributed by atoms with Gasteiger partial charge in [0, 0.05) is 0 Å². The molecule has 0 heterocycles. The van der Waals surface area contributed by atoms with E-state index >= 15 is 0 Å². The van der Waals surface area contributed by atoms with Crippen molar-refractivity contribution in [3.05, 3.63) is 47.0 Å². The van der Waals surface area contributed by atoms with Crippen LogP contribution in [0.15, 0.2) is 35.9 Å². The van der Waals surface area contributed by atoms with Gasteiger partial charge in [0.15, 0.2) is 0 Å². The van der Waals surface area contributed by atoms with Crippen LogP contribution in [0.25, 0.3) is 11.6 Å². The lowest BCUT2D eigenvalue weighted by Crippen LogP contribution is -2.37. The summed E-state index contributed by atoms with van der Waals surface area (Å²) in [5, 5.41) is 0. The van der Waals surface area contributed by atoms with Crippen LogP contribution >= 0.6 is 0 Å². The Morgan fingerprint density at radius 1 is 0.467 bits per heavy atom. The highest BCUT2D eigenvalue weighted by atomic mass is 14.5. The number of fused-ring (bicyclic) bond motifs is 3. The number of rotatable bonds is 28. The van der Waals surface area contributed by atoms with Crippen molar-refractivity contribution < 1.29 is 0 Å². The van der Waals surface area contributed by atoms with Gasteiger partial charge in [-0.3, -0.25) is 0 Å².